The molecule has 0 unspecified atom stereocenters. The fraction of sp³-hybridized carbons (Fsp3) is 0.182. The SMILES string of the molecule is O=S(=O)(NCCn1ccnc1)c1ccccc1Br. The molecular formula is C11H12BrN3O2S. The standard InChI is InChI=1S/C11H12BrN3O2S/c12-10-3-1-2-4-11(10)18(16,17)14-6-8-15-7-5-13-9-15/h1-5,7,9,14H,6,8H2. The lowest BCUT2D eigenvalue weighted by Crippen LogP contribution is -2.27. The van der Waals surface area contributed by atoms with Crippen molar-refractivity contribution in [1.82, 2.24) is 14.3 Å². The first-order valence-electron chi connectivity index (χ1n) is 5.29. The molecule has 0 saturated heterocycles. The molecule has 0 fully saturated rings. The molecule has 0 amide bonds. The van der Waals surface area contributed by atoms with Gasteiger partial charge >= 0.3 is 0 Å². The smallest absolute Gasteiger partial charge is 0.241 e. The first-order valence-corrected chi connectivity index (χ1v) is 7.57. The van der Waals surface area contributed by atoms with E-state index in [9.17, 15) is 8.42 Å². The van der Waals surface area contributed by atoms with Gasteiger partial charge in [-0.2, -0.15) is 0 Å². The molecule has 0 saturated carbocycles. The summed E-state index contributed by atoms with van der Waals surface area (Å²) in [6, 6.07) is 6.72. The molecule has 0 atom stereocenters. The minimum Gasteiger partial charge on any atom is -0.336 e. The van der Waals surface area contributed by atoms with E-state index in [1.54, 1.807) is 43.0 Å². The number of aromatic nitrogens is 2. The van der Waals surface area contributed by atoms with Crippen LogP contribution in [0.1, 0.15) is 0 Å². The second kappa shape index (κ2) is 5.64. The topological polar surface area (TPSA) is 64.0 Å². The molecule has 0 radical (unpaired) electrons. The second-order valence-electron chi connectivity index (χ2n) is 3.63. The number of nitrogens with one attached hydrogen (secondary N) is 1. The zero-order chi connectivity index (χ0) is 13.0. The zero-order valence-corrected chi connectivity index (χ0v) is 11.9. The van der Waals surface area contributed by atoms with Crippen LogP contribution in [0.15, 0.2) is 52.4 Å². The summed E-state index contributed by atoms with van der Waals surface area (Å²) in [7, 11) is -3.47. The number of nitrogens with zero attached hydrogens (tertiary/aromatic N) is 2. The normalized spacial score (nSPS) is 11.6. The predicted molar refractivity (Wildman–Crippen MR) is 71.6 cm³/mol. The lowest BCUT2D eigenvalue weighted by Gasteiger charge is -2.08. The first kappa shape index (κ1) is 13.3. The van der Waals surface area contributed by atoms with Crippen LogP contribution in [-0.4, -0.2) is 24.5 Å². The molecule has 7 heteroatoms. The highest BCUT2D eigenvalue weighted by atomic mass is 79.9. The maximum absolute atomic E-state index is 12.0. The van der Waals surface area contributed by atoms with Crippen molar-refractivity contribution >= 4 is 26.0 Å². The Bertz CT molecular complexity index is 611. The van der Waals surface area contributed by atoms with Crippen LogP contribution in [0.4, 0.5) is 0 Å². The van der Waals surface area contributed by atoms with Crippen molar-refractivity contribution in [1.29, 1.82) is 0 Å². The third-order valence-electron chi connectivity index (χ3n) is 2.35. The van der Waals surface area contributed by atoms with Gasteiger partial charge in [0.25, 0.3) is 0 Å². The Kier molecular flexibility index (Phi) is 4.15. The van der Waals surface area contributed by atoms with Gasteiger partial charge in [-0.15, -0.1) is 0 Å². The Morgan fingerprint density at radius 2 is 2.11 bits per heavy atom. The summed E-state index contributed by atoms with van der Waals surface area (Å²) in [4.78, 5) is 4.13. The molecule has 0 bridgehead atoms. The number of sulfonamides is 1. The summed E-state index contributed by atoms with van der Waals surface area (Å²) in [5, 5.41) is 0. The van der Waals surface area contributed by atoms with Gasteiger partial charge in [0.15, 0.2) is 0 Å². The highest BCUT2D eigenvalue weighted by Gasteiger charge is 2.15. The molecule has 1 aromatic heterocycles. The van der Waals surface area contributed by atoms with E-state index in [4.69, 9.17) is 0 Å². The van der Waals surface area contributed by atoms with E-state index in [0.717, 1.165) is 0 Å². The van der Waals surface area contributed by atoms with Crippen molar-refractivity contribution in [2.75, 3.05) is 6.54 Å². The minimum absolute atomic E-state index is 0.246. The Morgan fingerprint density at radius 3 is 2.78 bits per heavy atom. The van der Waals surface area contributed by atoms with Gasteiger partial charge in [-0.3, -0.25) is 0 Å². The van der Waals surface area contributed by atoms with Crippen molar-refractivity contribution in [3.63, 3.8) is 0 Å². The number of hydrogen-bond donors (Lipinski definition) is 1. The zero-order valence-electron chi connectivity index (χ0n) is 9.45. The molecule has 1 aromatic carbocycles. The van der Waals surface area contributed by atoms with Crippen molar-refractivity contribution < 1.29 is 8.42 Å². The first-order chi connectivity index (χ1) is 8.59. The van der Waals surface area contributed by atoms with Crippen LogP contribution < -0.4 is 4.72 Å². The molecular weight excluding hydrogens is 318 g/mol. The molecule has 2 aromatic rings. The van der Waals surface area contributed by atoms with Crippen LogP contribution in [0.2, 0.25) is 0 Å². The second-order valence-corrected chi connectivity index (χ2v) is 6.22. The quantitative estimate of drug-likeness (QED) is 0.906. The lowest BCUT2D eigenvalue weighted by molar-refractivity contribution is 0.572. The molecule has 5 nitrogen and oxygen atoms in total. The summed E-state index contributed by atoms with van der Waals surface area (Å²) in [6.45, 7) is 0.865. The minimum atomic E-state index is -3.47. The average Bonchev–Trinajstić information content (AvgIpc) is 2.82. The monoisotopic (exact) mass is 329 g/mol. The lowest BCUT2D eigenvalue weighted by atomic mass is 10.4. The molecule has 2 rings (SSSR count). The summed E-state index contributed by atoms with van der Waals surface area (Å²) < 4.78 is 28.9. The third-order valence-corrected chi connectivity index (χ3v) is 4.82. The molecule has 0 spiro atoms. The van der Waals surface area contributed by atoms with Gasteiger partial charge in [-0.05, 0) is 28.1 Å². The van der Waals surface area contributed by atoms with Crippen LogP contribution in [0.25, 0.3) is 0 Å². The highest BCUT2D eigenvalue weighted by molar-refractivity contribution is 9.10. The van der Waals surface area contributed by atoms with Gasteiger partial charge in [0.1, 0.15) is 0 Å². The van der Waals surface area contributed by atoms with E-state index in [2.05, 4.69) is 25.6 Å². The van der Waals surface area contributed by atoms with E-state index in [0.29, 0.717) is 17.6 Å². The molecule has 0 aliphatic carbocycles. The molecule has 1 heterocycles. The van der Waals surface area contributed by atoms with Crippen LogP contribution in [-0.2, 0) is 16.6 Å². The van der Waals surface area contributed by atoms with E-state index in [1.165, 1.54) is 0 Å². The molecule has 0 aliphatic heterocycles. The molecule has 96 valence electrons. The average molecular weight is 330 g/mol. The van der Waals surface area contributed by atoms with Crippen LogP contribution >= 0.6 is 15.9 Å². The number of hydrogen-bond acceptors (Lipinski definition) is 3. The summed E-state index contributed by atoms with van der Waals surface area (Å²) in [5.41, 5.74) is 0. The Hall–Kier alpha value is -1.18. The van der Waals surface area contributed by atoms with E-state index >= 15 is 0 Å². The number of halogens is 1. The number of benzene rings is 1. The van der Waals surface area contributed by atoms with Gasteiger partial charge in [0.2, 0.25) is 10.0 Å². The number of rotatable bonds is 5. The van der Waals surface area contributed by atoms with Crippen molar-refractivity contribution in [2.24, 2.45) is 0 Å². The van der Waals surface area contributed by atoms with E-state index < -0.39 is 10.0 Å². The van der Waals surface area contributed by atoms with Crippen LogP contribution in [0.3, 0.4) is 0 Å². The maximum atomic E-state index is 12.0. The van der Waals surface area contributed by atoms with Crippen molar-refractivity contribution in [3.8, 4) is 0 Å². The summed E-state index contributed by atoms with van der Waals surface area (Å²) in [5.74, 6) is 0. The number of imidazole rings is 1. The fourth-order valence-corrected chi connectivity index (χ4v) is 3.49. The van der Waals surface area contributed by atoms with Gasteiger partial charge in [-0.25, -0.2) is 18.1 Å². The Balaban J connectivity index is 2.02. The molecule has 18 heavy (non-hydrogen) atoms. The highest BCUT2D eigenvalue weighted by Crippen LogP contribution is 2.20. The maximum Gasteiger partial charge on any atom is 0.241 e. The molecule has 1 N–H and O–H groups in total. The summed E-state index contributed by atoms with van der Waals surface area (Å²) in [6.07, 6.45) is 5.09. The van der Waals surface area contributed by atoms with Gasteiger partial charge < -0.3 is 4.57 Å². The van der Waals surface area contributed by atoms with Gasteiger partial charge in [0, 0.05) is 30.0 Å². The largest absolute Gasteiger partial charge is 0.336 e. The van der Waals surface area contributed by atoms with E-state index in [-0.39, 0.29) is 4.90 Å². The van der Waals surface area contributed by atoms with Crippen LogP contribution in [0.5, 0.6) is 0 Å². The van der Waals surface area contributed by atoms with Gasteiger partial charge in [0.05, 0.1) is 11.2 Å². The van der Waals surface area contributed by atoms with Crippen molar-refractivity contribution in [3.05, 3.63) is 47.5 Å². The Morgan fingerprint density at radius 1 is 1.33 bits per heavy atom. The van der Waals surface area contributed by atoms with Crippen molar-refractivity contribution in [2.45, 2.75) is 11.4 Å². The fourth-order valence-electron chi connectivity index (χ4n) is 1.47. The summed E-state index contributed by atoms with van der Waals surface area (Å²) >= 11 is 3.23. The Labute approximate surface area is 114 Å². The van der Waals surface area contributed by atoms with Gasteiger partial charge in [-0.1, -0.05) is 12.1 Å². The van der Waals surface area contributed by atoms with Crippen LogP contribution in [0, 0.1) is 0 Å². The van der Waals surface area contributed by atoms with E-state index in [1.807, 2.05) is 4.57 Å². The predicted octanol–water partition coefficient (Wildman–Crippen LogP) is 1.62. The third kappa shape index (κ3) is 3.18. The molecule has 0 aliphatic rings.